The maximum absolute atomic E-state index is 12.1. The Hall–Kier alpha value is -1.13. The molecule has 2 N–H and O–H groups in total. The molecule has 4 heteroatoms. The zero-order valence-corrected chi connectivity index (χ0v) is 11.1. The molecule has 2 nitrogen and oxygen atoms in total. The Morgan fingerprint density at radius 1 is 1.31 bits per heavy atom. The van der Waals surface area contributed by atoms with Crippen LogP contribution in [0.15, 0.2) is 34.1 Å². The highest BCUT2D eigenvalue weighted by molar-refractivity contribution is 9.11. The fraction of sp³-hybridized carbons (Fsp3) is 0.0833. The van der Waals surface area contributed by atoms with Crippen LogP contribution < -0.4 is 5.73 Å². The second kappa shape index (κ2) is 4.39. The van der Waals surface area contributed by atoms with E-state index in [1.54, 1.807) is 35.6 Å². The first kappa shape index (κ1) is 11.4. The predicted molar refractivity (Wildman–Crippen MR) is 71.0 cm³/mol. The molecule has 0 amide bonds. The minimum atomic E-state index is 0.0412. The van der Waals surface area contributed by atoms with Crippen molar-refractivity contribution in [2.45, 2.75) is 6.92 Å². The van der Waals surface area contributed by atoms with E-state index in [9.17, 15) is 4.79 Å². The maximum atomic E-state index is 12.1. The Morgan fingerprint density at radius 3 is 2.44 bits per heavy atom. The summed E-state index contributed by atoms with van der Waals surface area (Å²) in [5.41, 5.74) is 7.67. The van der Waals surface area contributed by atoms with Gasteiger partial charge in [0, 0.05) is 21.7 Å². The lowest BCUT2D eigenvalue weighted by Crippen LogP contribution is -2.01. The van der Waals surface area contributed by atoms with Gasteiger partial charge in [-0.15, -0.1) is 11.3 Å². The van der Waals surface area contributed by atoms with Gasteiger partial charge in [-0.25, -0.2) is 0 Å². The van der Waals surface area contributed by atoms with Crippen molar-refractivity contribution >= 4 is 38.7 Å². The Labute approximate surface area is 106 Å². The number of aryl methyl sites for hydroxylation is 1. The van der Waals surface area contributed by atoms with Crippen molar-refractivity contribution in [2.75, 3.05) is 5.73 Å². The van der Waals surface area contributed by atoms with E-state index in [0.717, 1.165) is 14.2 Å². The van der Waals surface area contributed by atoms with Crippen LogP contribution >= 0.6 is 27.3 Å². The van der Waals surface area contributed by atoms with Crippen molar-refractivity contribution in [3.8, 4) is 0 Å². The number of anilines is 1. The molecule has 1 heterocycles. The fourth-order valence-electron chi connectivity index (χ4n) is 1.46. The molecular weight excluding hydrogens is 286 g/mol. The van der Waals surface area contributed by atoms with E-state index in [1.165, 1.54) is 0 Å². The Morgan fingerprint density at radius 2 is 1.94 bits per heavy atom. The van der Waals surface area contributed by atoms with E-state index < -0.39 is 0 Å². The van der Waals surface area contributed by atoms with Crippen LogP contribution in [0.25, 0.3) is 0 Å². The number of carbonyl (C=O) groups excluding carboxylic acids is 1. The van der Waals surface area contributed by atoms with Crippen LogP contribution in [0.5, 0.6) is 0 Å². The summed E-state index contributed by atoms with van der Waals surface area (Å²) < 4.78 is 0.976. The molecule has 1 aromatic heterocycles. The smallest absolute Gasteiger partial charge is 0.194 e. The average Bonchev–Trinajstić information content (AvgIpc) is 2.58. The summed E-state index contributed by atoms with van der Waals surface area (Å²) in [6.45, 7) is 1.94. The molecular formula is C12H10BrNOS. The standard InChI is InChI=1S/C12H10BrNOS/c1-7-10(6-11(13)16-7)12(15)8-2-4-9(14)5-3-8/h2-6H,14H2,1H3. The summed E-state index contributed by atoms with van der Waals surface area (Å²) in [6, 6.07) is 8.85. The van der Waals surface area contributed by atoms with Crippen LogP contribution in [-0.2, 0) is 0 Å². The highest BCUT2D eigenvalue weighted by Crippen LogP contribution is 2.28. The molecule has 0 bridgehead atoms. The van der Waals surface area contributed by atoms with Gasteiger partial charge in [-0.1, -0.05) is 0 Å². The van der Waals surface area contributed by atoms with Crippen LogP contribution in [0.1, 0.15) is 20.8 Å². The number of nitrogen functional groups attached to an aromatic ring is 1. The van der Waals surface area contributed by atoms with E-state index in [-0.39, 0.29) is 5.78 Å². The monoisotopic (exact) mass is 295 g/mol. The van der Waals surface area contributed by atoms with Crippen LogP contribution in [0, 0.1) is 6.92 Å². The summed E-state index contributed by atoms with van der Waals surface area (Å²) >= 11 is 4.95. The van der Waals surface area contributed by atoms with Crippen molar-refractivity contribution in [1.82, 2.24) is 0 Å². The summed E-state index contributed by atoms with van der Waals surface area (Å²) in [5.74, 6) is 0.0412. The zero-order chi connectivity index (χ0) is 11.7. The lowest BCUT2D eigenvalue weighted by molar-refractivity contribution is 0.103. The van der Waals surface area contributed by atoms with Crippen LogP contribution in [0.4, 0.5) is 5.69 Å². The third-order valence-corrected chi connectivity index (χ3v) is 3.86. The van der Waals surface area contributed by atoms with Crippen molar-refractivity contribution < 1.29 is 4.79 Å². The Kier molecular flexibility index (Phi) is 3.12. The topological polar surface area (TPSA) is 43.1 Å². The molecule has 0 fully saturated rings. The number of carbonyl (C=O) groups is 1. The van der Waals surface area contributed by atoms with Gasteiger partial charge in [0.25, 0.3) is 0 Å². The first-order valence-corrected chi connectivity index (χ1v) is 6.35. The fourth-order valence-corrected chi connectivity index (χ4v) is 3.15. The number of hydrogen-bond donors (Lipinski definition) is 1. The number of thiophene rings is 1. The van der Waals surface area contributed by atoms with Gasteiger partial charge >= 0.3 is 0 Å². The third kappa shape index (κ3) is 2.18. The van der Waals surface area contributed by atoms with E-state index in [0.29, 0.717) is 11.3 Å². The lowest BCUT2D eigenvalue weighted by Gasteiger charge is -2.00. The minimum Gasteiger partial charge on any atom is -0.399 e. The number of benzene rings is 1. The summed E-state index contributed by atoms with van der Waals surface area (Å²) in [5, 5.41) is 0. The van der Waals surface area contributed by atoms with Gasteiger partial charge in [-0.2, -0.15) is 0 Å². The van der Waals surface area contributed by atoms with Crippen LogP contribution in [0.2, 0.25) is 0 Å². The third-order valence-electron chi connectivity index (χ3n) is 2.31. The van der Waals surface area contributed by atoms with Gasteiger partial charge in [0.15, 0.2) is 5.78 Å². The second-order valence-corrected chi connectivity index (χ2v) is 6.11. The number of nitrogens with two attached hydrogens (primary N) is 1. The average molecular weight is 296 g/mol. The molecule has 0 aliphatic heterocycles. The predicted octanol–water partition coefficient (Wildman–Crippen LogP) is 3.63. The van der Waals surface area contributed by atoms with Gasteiger partial charge in [0.1, 0.15) is 0 Å². The molecule has 0 saturated heterocycles. The quantitative estimate of drug-likeness (QED) is 0.679. The van der Waals surface area contributed by atoms with E-state index in [2.05, 4.69) is 15.9 Å². The molecule has 2 aromatic rings. The van der Waals surface area contributed by atoms with Crippen molar-refractivity contribution in [1.29, 1.82) is 0 Å². The largest absolute Gasteiger partial charge is 0.399 e. The maximum Gasteiger partial charge on any atom is 0.194 e. The number of halogens is 1. The normalized spacial score (nSPS) is 10.4. The first-order chi connectivity index (χ1) is 7.58. The minimum absolute atomic E-state index is 0.0412. The van der Waals surface area contributed by atoms with E-state index in [1.807, 2.05) is 13.0 Å². The molecule has 0 atom stereocenters. The molecule has 0 saturated carbocycles. The number of hydrogen-bond acceptors (Lipinski definition) is 3. The van der Waals surface area contributed by atoms with Crippen LogP contribution in [-0.4, -0.2) is 5.78 Å². The molecule has 16 heavy (non-hydrogen) atoms. The van der Waals surface area contributed by atoms with E-state index >= 15 is 0 Å². The summed E-state index contributed by atoms with van der Waals surface area (Å²) in [4.78, 5) is 13.2. The first-order valence-electron chi connectivity index (χ1n) is 4.74. The molecule has 1 aromatic carbocycles. The van der Waals surface area contributed by atoms with Gasteiger partial charge in [0.2, 0.25) is 0 Å². The van der Waals surface area contributed by atoms with Gasteiger partial charge in [-0.3, -0.25) is 4.79 Å². The van der Waals surface area contributed by atoms with Gasteiger partial charge < -0.3 is 5.73 Å². The number of rotatable bonds is 2. The molecule has 0 spiro atoms. The van der Waals surface area contributed by atoms with Gasteiger partial charge in [-0.05, 0) is 53.2 Å². The van der Waals surface area contributed by atoms with Crippen molar-refractivity contribution in [3.63, 3.8) is 0 Å². The van der Waals surface area contributed by atoms with Crippen molar-refractivity contribution in [2.24, 2.45) is 0 Å². The molecule has 0 aliphatic rings. The Bertz CT molecular complexity index is 530. The van der Waals surface area contributed by atoms with E-state index in [4.69, 9.17) is 5.73 Å². The Balaban J connectivity index is 2.39. The molecule has 2 rings (SSSR count). The van der Waals surface area contributed by atoms with Gasteiger partial charge in [0.05, 0.1) is 3.79 Å². The molecule has 0 aliphatic carbocycles. The molecule has 0 unspecified atom stereocenters. The summed E-state index contributed by atoms with van der Waals surface area (Å²) in [7, 11) is 0. The second-order valence-electron chi connectivity index (χ2n) is 3.47. The SMILES string of the molecule is Cc1sc(Br)cc1C(=O)c1ccc(N)cc1. The molecule has 0 radical (unpaired) electrons. The summed E-state index contributed by atoms with van der Waals surface area (Å²) in [6.07, 6.45) is 0. The highest BCUT2D eigenvalue weighted by atomic mass is 79.9. The zero-order valence-electron chi connectivity index (χ0n) is 8.66. The lowest BCUT2D eigenvalue weighted by atomic mass is 10.0. The number of ketones is 1. The highest BCUT2D eigenvalue weighted by Gasteiger charge is 2.14. The van der Waals surface area contributed by atoms with Crippen molar-refractivity contribution in [3.05, 3.63) is 50.1 Å². The van der Waals surface area contributed by atoms with Crippen LogP contribution in [0.3, 0.4) is 0 Å². The molecule has 82 valence electrons.